The number of Topliss-reactive ketones (excluding diaryl/α,β-unsaturated/α-hetero) is 1. The third-order valence-corrected chi connectivity index (χ3v) is 5.77. The molecule has 1 atom stereocenters. The quantitative estimate of drug-likeness (QED) is 0.264. The molecule has 1 heterocycles. The first-order chi connectivity index (χ1) is 16.4. The minimum atomic E-state index is -0.892. The number of carbonyl (C=O) groups excluding carboxylic acids is 3. The number of benzene rings is 3. The number of ether oxygens (including phenoxy) is 2. The van der Waals surface area contributed by atoms with E-state index in [9.17, 15) is 19.5 Å². The van der Waals surface area contributed by atoms with Crippen LogP contribution in [0.5, 0.6) is 5.75 Å². The Kier molecular flexibility index (Phi) is 6.19. The number of hydrogen-bond acceptors (Lipinski definition) is 6. The number of amides is 1. The Morgan fingerprint density at radius 3 is 2.29 bits per heavy atom. The number of carbonyl (C=O) groups is 3. The number of ketones is 1. The smallest absolute Gasteiger partial charge is 0.337 e. The van der Waals surface area contributed by atoms with E-state index in [2.05, 4.69) is 0 Å². The van der Waals surface area contributed by atoms with Gasteiger partial charge in [-0.3, -0.25) is 14.5 Å². The van der Waals surface area contributed by atoms with Crippen LogP contribution in [0.15, 0.2) is 78.4 Å². The maximum Gasteiger partial charge on any atom is 0.337 e. The summed E-state index contributed by atoms with van der Waals surface area (Å²) >= 11 is 0. The van der Waals surface area contributed by atoms with Gasteiger partial charge in [-0.05, 0) is 54.4 Å². The normalized spacial score (nSPS) is 17.0. The zero-order chi connectivity index (χ0) is 24.4. The molecular weight excluding hydrogens is 434 g/mol. The molecule has 0 bridgehead atoms. The highest BCUT2D eigenvalue weighted by atomic mass is 16.5. The van der Waals surface area contributed by atoms with Gasteiger partial charge in [-0.1, -0.05) is 36.4 Å². The average Bonchev–Trinajstić information content (AvgIpc) is 3.13. The van der Waals surface area contributed by atoms with Gasteiger partial charge in [0.1, 0.15) is 11.5 Å². The highest BCUT2D eigenvalue weighted by molar-refractivity contribution is 6.51. The van der Waals surface area contributed by atoms with Crippen molar-refractivity contribution in [3.05, 3.63) is 101 Å². The van der Waals surface area contributed by atoms with E-state index in [0.29, 0.717) is 22.6 Å². The third kappa shape index (κ3) is 3.92. The first kappa shape index (κ1) is 22.8. The molecule has 0 aromatic heterocycles. The highest BCUT2D eigenvalue weighted by Gasteiger charge is 2.47. The molecule has 3 aromatic carbocycles. The van der Waals surface area contributed by atoms with E-state index >= 15 is 0 Å². The monoisotopic (exact) mass is 457 g/mol. The summed E-state index contributed by atoms with van der Waals surface area (Å²) in [5, 5.41) is 11.2. The number of esters is 1. The van der Waals surface area contributed by atoms with Crippen LogP contribution in [0.4, 0.5) is 5.69 Å². The van der Waals surface area contributed by atoms with Gasteiger partial charge >= 0.3 is 5.97 Å². The molecular formula is C27H23NO6. The summed E-state index contributed by atoms with van der Waals surface area (Å²) in [6.07, 6.45) is 0. The number of methoxy groups -OCH3 is 2. The van der Waals surface area contributed by atoms with E-state index in [1.54, 1.807) is 67.8 Å². The van der Waals surface area contributed by atoms with Gasteiger partial charge in [0.2, 0.25) is 0 Å². The zero-order valence-corrected chi connectivity index (χ0v) is 18.9. The Hall–Kier alpha value is -4.39. The van der Waals surface area contributed by atoms with Crippen LogP contribution in [0.1, 0.15) is 33.1 Å². The van der Waals surface area contributed by atoms with Gasteiger partial charge < -0.3 is 14.6 Å². The lowest BCUT2D eigenvalue weighted by atomic mass is 9.94. The molecule has 0 spiro atoms. The van der Waals surface area contributed by atoms with Crippen LogP contribution >= 0.6 is 0 Å². The van der Waals surface area contributed by atoms with Crippen LogP contribution in [0, 0.1) is 6.92 Å². The molecule has 1 amide bonds. The summed E-state index contributed by atoms with van der Waals surface area (Å²) < 4.78 is 10.1. The second-order valence-corrected chi connectivity index (χ2v) is 7.81. The predicted molar refractivity (Wildman–Crippen MR) is 127 cm³/mol. The summed E-state index contributed by atoms with van der Waals surface area (Å²) in [5.74, 6) is -1.84. The van der Waals surface area contributed by atoms with Gasteiger partial charge in [0.15, 0.2) is 0 Å². The molecule has 3 aromatic rings. The molecule has 1 saturated heterocycles. The van der Waals surface area contributed by atoms with E-state index in [1.807, 2.05) is 13.0 Å². The molecule has 4 rings (SSSR count). The highest BCUT2D eigenvalue weighted by Crippen LogP contribution is 2.42. The Morgan fingerprint density at radius 1 is 0.912 bits per heavy atom. The molecule has 0 aliphatic carbocycles. The lowest BCUT2D eigenvalue weighted by molar-refractivity contribution is -0.132. The topological polar surface area (TPSA) is 93.1 Å². The summed E-state index contributed by atoms with van der Waals surface area (Å²) in [7, 11) is 2.81. The molecule has 1 unspecified atom stereocenters. The summed E-state index contributed by atoms with van der Waals surface area (Å²) in [6, 6.07) is 19.4. The van der Waals surface area contributed by atoms with Crippen LogP contribution in [-0.2, 0) is 14.3 Å². The molecule has 172 valence electrons. The molecule has 1 aliphatic rings. The van der Waals surface area contributed by atoms with Gasteiger partial charge in [-0.2, -0.15) is 0 Å². The largest absolute Gasteiger partial charge is 0.507 e. The minimum absolute atomic E-state index is 0.0377. The van der Waals surface area contributed by atoms with Gasteiger partial charge in [0.25, 0.3) is 11.7 Å². The molecule has 0 radical (unpaired) electrons. The maximum atomic E-state index is 13.2. The van der Waals surface area contributed by atoms with E-state index in [-0.39, 0.29) is 16.9 Å². The average molecular weight is 457 g/mol. The third-order valence-electron chi connectivity index (χ3n) is 5.77. The number of aryl methyl sites for hydroxylation is 1. The van der Waals surface area contributed by atoms with Crippen LogP contribution < -0.4 is 9.64 Å². The van der Waals surface area contributed by atoms with E-state index < -0.39 is 23.7 Å². The predicted octanol–water partition coefficient (Wildman–Crippen LogP) is 4.42. The van der Waals surface area contributed by atoms with Crippen LogP contribution in [0.3, 0.4) is 0 Å². The Labute approximate surface area is 196 Å². The van der Waals surface area contributed by atoms with Crippen molar-refractivity contribution in [3.8, 4) is 5.75 Å². The maximum absolute atomic E-state index is 13.2. The van der Waals surface area contributed by atoms with Crippen molar-refractivity contribution in [1.82, 2.24) is 0 Å². The molecule has 1 aliphatic heterocycles. The fourth-order valence-corrected chi connectivity index (χ4v) is 4.13. The van der Waals surface area contributed by atoms with Crippen molar-refractivity contribution < 1.29 is 29.0 Å². The van der Waals surface area contributed by atoms with Crippen molar-refractivity contribution in [2.24, 2.45) is 0 Å². The number of nitrogens with zero attached hydrogens (tertiary/aromatic N) is 1. The van der Waals surface area contributed by atoms with E-state index in [1.165, 1.54) is 18.1 Å². The molecule has 7 heteroatoms. The Morgan fingerprint density at radius 2 is 1.65 bits per heavy atom. The lowest BCUT2D eigenvalue weighted by Gasteiger charge is -2.25. The lowest BCUT2D eigenvalue weighted by Crippen LogP contribution is -2.29. The van der Waals surface area contributed by atoms with Gasteiger partial charge in [0, 0.05) is 11.3 Å². The standard InChI is InChI=1S/C27H23NO6/c1-16-14-18(12-13-21(16)33-2)24(29)22-23(17-8-5-4-6-9-17)28(26(31)25(22)30)20-11-7-10-19(15-20)27(32)34-3/h4-15,23,29H,1-3H3/b24-22+. The number of aliphatic hydroxyl groups excluding tert-OH is 1. The minimum Gasteiger partial charge on any atom is -0.507 e. The van der Waals surface area contributed by atoms with Crippen molar-refractivity contribution in [2.45, 2.75) is 13.0 Å². The molecule has 0 saturated carbocycles. The number of aliphatic hydroxyl groups is 1. The fourth-order valence-electron chi connectivity index (χ4n) is 4.13. The number of hydrogen-bond donors (Lipinski definition) is 1. The van der Waals surface area contributed by atoms with Crippen molar-refractivity contribution >= 4 is 29.1 Å². The fraction of sp³-hybridized carbons (Fsp3) is 0.148. The molecule has 34 heavy (non-hydrogen) atoms. The second kappa shape index (κ2) is 9.23. The Balaban J connectivity index is 1.92. The summed E-state index contributed by atoms with van der Waals surface area (Å²) in [4.78, 5) is 39.9. The number of anilines is 1. The second-order valence-electron chi connectivity index (χ2n) is 7.81. The van der Waals surface area contributed by atoms with Crippen molar-refractivity contribution in [2.75, 3.05) is 19.1 Å². The van der Waals surface area contributed by atoms with E-state index in [0.717, 1.165) is 5.56 Å². The SMILES string of the molecule is COC(=O)c1cccc(N2C(=O)C(=O)/C(=C(/O)c3ccc(OC)c(C)c3)C2c2ccccc2)c1. The number of rotatable bonds is 5. The first-order valence-corrected chi connectivity index (χ1v) is 10.6. The van der Waals surface area contributed by atoms with Crippen LogP contribution in [0.2, 0.25) is 0 Å². The van der Waals surface area contributed by atoms with Gasteiger partial charge in [-0.25, -0.2) is 4.79 Å². The van der Waals surface area contributed by atoms with Crippen LogP contribution in [0.25, 0.3) is 5.76 Å². The summed E-state index contributed by atoms with van der Waals surface area (Å²) in [5.41, 5.74) is 2.33. The Bertz CT molecular complexity index is 1310. The van der Waals surface area contributed by atoms with Gasteiger partial charge in [-0.15, -0.1) is 0 Å². The zero-order valence-electron chi connectivity index (χ0n) is 18.9. The van der Waals surface area contributed by atoms with Crippen molar-refractivity contribution in [1.29, 1.82) is 0 Å². The van der Waals surface area contributed by atoms with Gasteiger partial charge in [0.05, 0.1) is 31.4 Å². The van der Waals surface area contributed by atoms with Crippen molar-refractivity contribution in [3.63, 3.8) is 0 Å². The molecule has 1 N–H and O–H groups in total. The first-order valence-electron chi connectivity index (χ1n) is 10.6. The summed E-state index contributed by atoms with van der Waals surface area (Å²) in [6.45, 7) is 1.82. The van der Waals surface area contributed by atoms with E-state index in [4.69, 9.17) is 9.47 Å². The molecule has 1 fully saturated rings. The molecule has 7 nitrogen and oxygen atoms in total. The van der Waals surface area contributed by atoms with Crippen LogP contribution in [-0.4, -0.2) is 37.0 Å².